The summed E-state index contributed by atoms with van der Waals surface area (Å²) in [5.74, 6) is 1.93. The Balaban J connectivity index is 1.66. The number of hydrogen-bond donors (Lipinski definition) is 3. The molecule has 2 unspecified atom stereocenters. The van der Waals surface area contributed by atoms with Gasteiger partial charge in [-0.05, 0) is 70.5 Å². The molecule has 0 amide bonds. The zero-order chi connectivity index (χ0) is 22.4. The van der Waals surface area contributed by atoms with Gasteiger partial charge >= 0.3 is 6.16 Å². The van der Waals surface area contributed by atoms with E-state index in [9.17, 15) is 4.79 Å². The minimum absolute atomic E-state index is 0.188. The maximum Gasteiger partial charge on any atom is 0.514 e. The van der Waals surface area contributed by atoms with E-state index in [1.54, 1.807) is 36.4 Å². The molecule has 2 atom stereocenters. The van der Waals surface area contributed by atoms with E-state index >= 15 is 0 Å². The number of hydrogen-bond acceptors (Lipinski definition) is 7. The van der Waals surface area contributed by atoms with Crippen LogP contribution in [0.25, 0.3) is 0 Å². The molecule has 0 saturated heterocycles. The first-order valence-electron chi connectivity index (χ1n) is 10.4. The Hall–Kier alpha value is -3.42. The predicted octanol–water partition coefficient (Wildman–Crippen LogP) is 4.17. The largest absolute Gasteiger partial charge is 0.514 e. The average Bonchev–Trinajstić information content (AvgIpc) is 3.34. The van der Waals surface area contributed by atoms with Crippen LogP contribution in [0.5, 0.6) is 5.75 Å². The van der Waals surface area contributed by atoms with Crippen molar-refractivity contribution in [2.75, 3.05) is 5.32 Å². The van der Waals surface area contributed by atoms with Crippen LogP contribution < -0.4 is 21.5 Å². The smallest absolute Gasteiger partial charge is 0.431 e. The molecule has 3 rings (SSSR count). The number of benzene rings is 1. The third-order valence-corrected chi connectivity index (χ3v) is 5.03. The molecule has 5 N–H and O–H groups in total. The Morgan fingerprint density at radius 1 is 1.26 bits per heavy atom. The van der Waals surface area contributed by atoms with E-state index in [1.165, 1.54) is 6.20 Å². The van der Waals surface area contributed by atoms with Gasteiger partial charge < -0.3 is 26.3 Å². The summed E-state index contributed by atoms with van der Waals surface area (Å²) >= 11 is 0. The summed E-state index contributed by atoms with van der Waals surface area (Å²) < 4.78 is 12.7. The van der Waals surface area contributed by atoms with Crippen LogP contribution in [0.15, 0.2) is 60.6 Å². The highest BCUT2D eigenvalue weighted by atomic mass is 16.7. The van der Waals surface area contributed by atoms with Crippen LogP contribution in [-0.4, -0.2) is 22.0 Å². The fraction of sp³-hybridized carbons (Fsp3) is 0.391. The van der Waals surface area contributed by atoms with Crippen molar-refractivity contribution >= 4 is 12.0 Å². The van der Waals surface area contributed by atoms with E-state index in [0.29, 0.717) is 18.0 Å². The quantitative estimate of drug-likeness (QED) is 0.361. The number of rotatable bonds is 6. The topological polar surface area (TPSA) is 117 Å². The van der Waals surface area contributed by atoms with Crippen molar-refractivity contribution in [2.45, 2.75) is 57.6 Å². The van der Waals surface area contributed by atoms with Crippen LogP contribution in [-0.2, 0) is 10.3 Å². The van der Waals surface area contributed by atoms with E-state index in [0.717, 1.165) is 24.4 Å². The van der Waals surface area contributed by atoms with Crippen LogP contribution in [0.1, 0.15) is 51.6 Å². The molecule has 166 valence electrons. The molecule has 0 aliphatic heterocycles. The van der Waals surface area contributed by atoms with Gasteiger partial charge in [0.05, 0.1) is 11.2 Å². The number of nitrogens with two attached hydrogens (primary N) is 2. The molecule has 1 aliphatic rings. The minimum Gasteiger partial charge on any atom is -0.431 e. The molecule has 31 heavy (non-hydrogen) atoms. The molecule has 1 fully saturated rings. The lowest BCUT2D eigenvalue weighted by Gasteiger charge is -2.22. The third-order valence-electron chi connectivity index (χ3n) is 5.03. The molecular weight excluding hydrogens is 394 g/mol. The summed E-state index contributed by atoms with van der Waals surface area (Å²) in [6.45, 7) is 6.23. The van der Waals surface area contributed by atoms with Gasteiger partial charge in [-0.2, -0.15) is 5.10 Å². The molecule has 0 radical (unpaired) electrons. The fourth-order valence-corrected chi connectivity index (χ4v) is 3.61. The Labute approximate surface area is 182 Å². The Morgan fingerprint density at radius 3 is 2.68 bits per heavy atom. The summed E-state index contributed by atoms with van der Waals surface area (Å²) in [6, 6.07) is 10.9. The molecule has 8 heteroatoms. The summed E-state index contributed by atoms with van der Waals surface area (Å²) in [7, 11) is 0. The summed E-state index contributed by atoms with van der Waals surface area (Å²) in [4.78, 5) is 12.1. The minimum atomic E-state index is -0.676. The molecule has 0 bridgehead atoms. The SMILES string of the molecule is CC(C)(C)n1nc(C2CCC(OC(=O)Oc3ccccc3)C2)cc1N/C(N)=C/C=C\N. The standard InChI is InChI=1S/C23H31N5O3/c1-23(2,3)28-21(26-20(25)10-7-13-24)15-19(27-28)16-11-12-18(14-16)31-22(29)30-17-8-5-4-6-9-17/h4-10,13,15-16,18,26H,11-12,14,24-25H2,1-3H3/b13-7-,20-10+. The van der Waals surface area contributed by atoms with Crippen molar-refractivity contribution in [1.29, 1.82) is 0 Å². The third kappa shape index (κ3) is 6.04. The second-order valence-electron chi connectivity index (χ2n) is 8.58. The lowest BCUT2D eigenvalue weighted by Crippen LogP contribution is -2.26. The monoisotopic (exact) mass is 425 g/mol. The van der Waals surface area contributed by atoms with Crippen LogP contribution in [0, 0.1) is 0 Å². The maximum atomic E-state index is 12.1. The van der Waals surface area contributed by atoms with Gasteiger partial charge in [-0.3, -0.25) is 0 Å². The number of aromatic nitrogens is 2. The first kappa shape index (κ1) is 22.3. The second kappa shape index (κ2) is 9.59. The highest BCUT2D eigenvalue weighted by Gasteiger charge is 2.32. The maximum absolute atomic E-state index is 12.1. The van der Waals surface area contributed by atoms with Gasteiger partial charge in [-0.1, -0.05) is 18.2 Å². The zero-order valence-corrected chi connectivity index (χ0v) is 18.2. The summed E-state index contributed by atoms with van der Waals surface area (Å²) in [6.07, 6.45) is 6.25. The average molecular weight is 426 g/mol. The van der Waals surface area contributed by atoms with Crippen molar-refractivity contribution in [1.82, 2.24) is 9.78 Å². The first-order valence-corrected chi connectivity index (χ1v) is 10.4. The molecule has 1 aromatic carbocycles. The van der Waals surface area contributed by atoms with E-state index in [-0.39, 0.29) is 17.6 Å². The highest BCUT2D eigenvalue weighted by molar-refractivity contribution is 5.64. The van der Waals surface area contributed by atoms with Gasteiger partial charge in [0.25, 0.3) is 0 Å². The van der Waals surface area contributed by atoms with E-state index in [2.05, 4.69) is 26.1 Å². The number of allylic oxidation sites excluding steroid dienone is 2. The van der Waals surface area contributed by atoms with Crippen molar-refractivity contribution < 1.29 is 14.3 Å². The highest BCUT2D eigenvalue weighted by Crippen LogP contribution is 2.37. The molecule has 1 aromatic heterocycles. The molecule has 1 aliphatic carbocycles. The van der Waals surface area contributed by atoms with Crippen molar-refractivity contribution in [3.8, 4) is 5.75 Å². The van der Waals surface area contributed by atoms with E-state index < -0.39 is 6.16 Å². The fourth-order valence-electron chi connectivity index (χ4n) is 3.61. The van der Waals surface area contributed by atoms with Gasteiger partial charge in [0.2, 0.25) is 0 Å². The number of anilines is 1. The Morgan fingerprint density at radius 2 is 2.00 bits per heavy atom. The lowest BCUT2D eigenvalue weighted by atomic mass is 10.0. The number of nitrogens with zero attached hydrogens (tertiary/aromatic N) is 2. The van der Waals surface area contributed by atoms with Crippen molar-refractivity contribution in [3.05, 3.63) is 66.3 Å². The second-order valence-corrected chi connectivity index (χ2v) is 8.58. The van der Waals surface area contributed by atoms with E-state index in [4.69, 9.17) is 26.0 Å². The van der Waals surface area contributed by atoms with Gasteiger partial charge in [-0.25, -0.2) is 9.48 Å². The van der Waals surface area contributed by atoms with Crippen molar-refractivity contribution in [3.63, 3.8) is 0 Å². The normalized spacial score (nSPS) is 19.5. The number of carbonyl (C=O) groups excluding carboxylic acids is 1. The van der Waals surface area contributed by atoms with Crippen LogP contribution in [0.4, 0.5) is 10.6 Å². The Kier molecular flexibility index (Phi) is 6.89. The molecule has 1 saturated carbocycles. The van der Waals surface area contributed by atoms with Gasteiger partial charge in [0.15, 0.2) is 0 Å². The number of para-hydroxylation sites is 1. The summed E-state index contributed by atoms with van der Waals surface area (Å²) in [5.41, 5.74) is 12.1. The zero-order valence-electron chi connectivity index (χ0n) is 18.2. The van der Waals surface area contributed by atoms with Gasteiger partial charge in [0.1, 0.15) is 23.5 Å². The molecule has 2 aromatic rings. The first-order chi connectivity index (χ1) is 14.8. The molecule has 1 heterocycles. The van der Waals surface area contributed by atoms with Gasteiger partial charge in [-0.15, -0.1) is 0 Å². The number of nitrogens with one attached hydrogen (secondary N) is 1. The molecular formula is C23H31N5O3. The Bertz CT molecular complexity index is 944. The van der Waals surface area contributed by atoms with Crippen LogP contribution >= 0.6 is 0 Å². The molecule has 8 nitrogen and oxygen atoms in total. The van der Waals surface area contributed by atoms with Crippen LogP contribution in [0.2, 0.25) is 0 Å². The predicted molar refractivity (Wildman–Crippen MR) is 120 cm³/mol. The molecule has 0 spiro atoms. The number of ether oxygens (including phenoxy) is 2. The van der Waals surface area contributed by atoms with E-state index in [1.807, 2.05) is 16.8 Å². The number of carbonyl (C=O) groups is 1. The van der Waals surface area contributed by atoms with Crippen molar-refractivity contribution in [2.24, 2.45) is 11.5 Å². The summed E-state index contributed by atoms with van der Waals surface area (Å²) in [5, 5.41) is 8.03. The van der Waals surface area contributed by atoms with Gasteiger partial charge in [0, 0.05) is 12.0 Å². The lowest BCUT2D eigenvalue weighted by molar-refractivity contribution is 0.0606. The van der Waals surface area contributed by atoms with Crippen LogP contribution in [0.3, 0.4) is 0 Å².